The number of thiazole rings is 1. The zero-order valence-corrected chi connectivity index (χ0v) is 10.3. The second-order valence-corrected chi connectivity index (χ2v) is 5.00. The third-order valence-electron chi connectivity index (χ3n) is 2.47. The number of hydrogen-bond donors (Lipinski definition) is 1. The van der Waals surface area contributed by atoms with Crippen LogP contribution in [-0.4, -0.2) is 9.97 Å². The Morgan fingerprint density at radius 1 is 1.24 bits per heavy atom. The lowest BCUT2D eigenvalue weighted by molar-refractivity contribution is 1.34. The van der Waals surface area contributed by atoms with Crippen molar-refractivity contribution >= 4 is 38.8 Å². The summed E-state index contributed by atoms with van der Waals surface area (Å²) < 4.78 is 1.09. The van der Waals surface area contributed by atoms with E-state index in [1.165, 1.54) is 0 Å². The maximum Gasteiger partial charge on any atom is 0.126 e. The normalized spacial score (nSPS) is 10.9. The molecule has 17 heavy (non-hydrogen) atoms. The van der Waals surface area contributed by atoms with Gasteiger partial charge in [0.2, 0.25) is 0 Å². The zero-order valence-electron chi connectivity index (χ0n) is 8.72. The van der Waals surface area contributed by atoms with Gasteiger partial charge in [0.15, 0.2) is 0 Å². The zero-order chi connectivity index (χ0) is 11.8. The first-order valence-electron chi connectivity index (χ1n) is 5.00. The molecule has 2 heterocycles. The number of nitrogens with zero attached hydrogens (tertiary/aromatic N) is 2. The average Bonchev–Trinajstić information content (AvgIpc) is 2.76. The Hall–Kier alpha value is -1.65. The molecule has 3 rings (SSSR count). The van der Waals surface area contributed by atoms with Crippen LogP contribution in [0.3, 0.4) is 0 Å². The Morgan fingerprint density at radius 2 is 2.12 bits per heavy atom. The molecule has 3 nitrogen and oxygen atoms in total. The first-order valence-corrected chi connectivity index (χ1v) is 6.20. The quantitative estimate of drug-likeness (QED) is 0.681. The maximum atomic E-state index is 6.00. The topological polar surface area (TPSA) is 51.8 Å². The molecule has 5 heteroatoms. The molecule has 0 fully saturated rings. The van der Waals surface area contributed by atoms with E-state index in [2.05, 4.69) is 9.97 Å². The average molecular weight is 262 g/mol. The molecule has 0 aliphatic rings. The maximum absolute atomic E-state index is 6.00. The van der Waals surface area contributed by atoms with E-state index < -0.39 is 0 Å². The molecular weight excluding hydrogens is 254 g/mol. The predicted molar refractivity (Wildman–Crippen MR) is 72.3 cm³/mol. The van der Waals surface area contributed by atoms with Gasteiger partial charge in [-0.15, -0.1) is 11.3 Å². The van der Waals surface area contributed by atoms with Crippen LogP contribution < -0.4 is 5.73 Å². The highest BCUT2D eigenvalue weighted by atomic mass is 35.5. The number of fused-ring (bicyclic) bond motifs is 1. The third kappa shape index (κ3) is 1.75. The van der Waals surface area contributed by atoms with Crippen LogP contribution in [0.4, 0.5) is 5.69 Å². The van der Waals surface area contributed by atoms with E-state index in [4.69, 9.17) is 17.3 Å². The standard InChI is InChI=1S/C12H8ClN3S/c13-8-3-1-2-7(11(8)14)12-16-9-6-15-5-4-10(9)17-12/h1-6H,14H2. The summed E-state index contributed by atoms with van der Waals surface area (Å²) in [5.41, 5.74) is 8.28. The van der Waals surface area contributed by atoms with Crippen LogP contribution in [0.5, 0.6) is 0 Å². The number of anilines is 1. The Balaban J connectivity index is 2.24. The van der Waals surface area contributed by atoms with E-state index in [0.29, 0.717) is 10.7 Å². The molecule has 2 aromatic heterocycles. The van der Waals surface area contributed by atoms with Gasteiger partial charge in [-0.25, -0.2) is 4.98 Å². The number of benzene rings is 1. The third-order valence-corrected chi connectivity index (χ3v) is 3.87. The number of pyridine rings is 1. The second kappa shape index (κ2) is 3.98. The Morgan fingerprint density at radius 3 is 2.94 bits per heavy atom. The largest absolute Gasteiger partial charge is 0.397 e. The van der Waals surface area contributed by atoms with E-state index in [1.807, 2.05) is 18.2 Å². The molecule has 84 valence electrons. The van der Waals surface area contributed by atoms with Crippen molar-refractivity contribution in [3.63, 3.8) is 0 Å². The first-order chi connectivity index (χ1) is 8.25. The number of aromatic nitrogens is 2. The van der Waals surface area contributed by atoms with E-state index in [0.717, 1.165) is 20.8 Å². The van der Waals surface area contributed by atoms with Gasteiger partial charge in [-0.05, 0) is 18.2 Å². The molecular formula is C12H8ClN3S. The number of nitrogens with two attached hydrogens (primary N) is 1. The van der Waals surface area contributed by atoms with E-state index in [-0.39, 0.29) is 0 Å². The van der Waals surface area contributed by atoms with E-state index in [9.17, 15) is 0 Å². The van der Waals surface area contributed by atoms with Crippen molar-refractivity contribution in [3.05, 3.63) is 41.7 Å². The molecule has 3 aromatic rings. The highest BCUT2D eigenvalue weighted by Gasteiger charge is 2.10. The molecule has 0 saturated heterocycles. The van der Waals surface area contributed by atoms with Gasteiger partial charge in [-0.2, -0.15) is 0 Å². The van der Waals surface area contributed by atoms with Gasteiger partial charge in [-0.3, -0.25) is 4.98 Å². The number of nitrogen functional groups attached to an aromatic ring is 1. The van der Waals surface area contributed by atoms with Crippen LogP contribution in [0.25, 0.3) is 20.8 Å². The molecule has 2 N–H and O–H groups in total. The molecule has 0 amide bonds. The fraction of sp³-hybridized carbons (Fsp3) is 0. The second-order valence-electron chi connectivity index (χ2n) is 3.56. The summed E-state index contributed by atoms with van der Waals surface area (Å²) in [6.07, 6.45) is 3.50. The van der Waals surface area contributed by atoms with E-state index in [1.54, 1.807) is 29.8 Å². The molecule has 0 spiro atoms. The molecule has 0 unspecified atom stereocenters. The van der Waals surface area contributed by atoms with Gasteiger partial charge in [0.25, 0.3) is 0 Å². The van der Waals surface area contributed by atoms with Gasteiger partial charge in [-0.1, -0.05) is 17.7 Å². The smallest absolute Gasteiger partial charge is 0.126 e. The molecule has 0 aliphatic heterocycles. The van der Waals surface area contributed by atoms with Crippen LogP contribution in [0.15, 0.2) is 36.7 Å². The Kier molecular flexibility index (Phi) is 2.46. The molecule has 0 atom stereocenters. The molecule has 0 radical (unpaired) electrons. The fourth-order valence-corrected chi connectivity index (χ4v) is 2.77. The van der Waals surface area contributed by atoms with Crippen molar-refractivity contribution in [2.45, 2.75) is 0 Å². The molecule has 0 bridgehead atoms. The monoisotopic (exact) mass is 261 g/mol. The summed E-state index contributed by atoms with van der Waals surface area (Å²) in [5.74, 6) is 0. The summed E-state index contributed by atoms with van der Waals surface area (Å²) in [4.78, 5) is 8.55. The van der Waals surface area contributed by atoms with Gasteiger partial charge in [0.1, 0.15) is 10.5 Å². The highest BCUT2D eigenvalue weighted by Crippen LogP contribution is 2.35. The molecule has 1 aromatic carbocycles. The van der Waals surface area contributed by atoms with Crippen LogP contribution >= 0.6 is 22.9 Å². The summed E-state index contributed by atoms with van der Waals surface area (Å²) in [5, 5.41) is 1.42. The molecule has 0 saturated carbocycles. The summed E-state index contributed by atoms with van der Waals surface area (Å²) >= 11 is 7.59. The van der Waals surface area contributed by atoms with Crippen molar-refractivity contribution in [1.82, 2.24) is 9.97 Å². The van der Waals surface area contributed by atoms with Crippen molar-refractivity contribution in [3.8, 4) is 10.6 Å². The van der Waals surface area contributed by atoms with Gasteiger partial charge >= 0.3 is 0 Å². The number of halogens is 1. The van der Waals surface area contributed by atoms with Crippen molar-refractivity contribution in [2.75, 3.05) is 5.73 Å². The summed E-state index contributed by atoms with van der Waals surface area (Å²) in [7, 11) is 0. The summed E-state index contributed by atoms with van der Waals surface area (Å²) in [6.45, 7) is 0. The minimum atomic E-state index is 0.555. The van der Waals surface area contributed by atoms with Gasteiger partial charge < -0.3 is 5.73 Å². The lowest BCUT2D eigenvalue weighted by atomic mass is 10.2. The highest BCUT2D eigenvalue weighted by molar-refractivity contribution is 7.21. The number of hydrogen-bond acceptors (Lipinski definition) is 4. The van der Waals surface area contributed by atoms with Crippen LogP contribution in [0, 0.1) is 0 Å². The van der Waals surface area contributed by atoms with Crippen molar-refractivity contribution in [1.29, 1.82) is 0 Å². The SMILES string of the molecule is Nc1c(Cl)cccc1-c1nc2cnccc2s1. The van der Waals surface area contributed by atoms with E-state index >= 15 is 0 Å². The summed E-state index contributed by atoms with van der Waals surface area (Å²) in [6, 6.07) is 7.51. The minimum Gasteiger partial charge on any atom is -0.397 e. The lowest BCUT2D eigenvalue weighted by Crippen LogP contribution is -1.90. The van der Waals surface area contributed by atoms with Gasteiger partial charge in [0.05, 0.1) is 21.6 Å². The predicted octanol–water partition coefficient (Wildman–Crippen LogP) is 3.59. The fourth-order valence-electron chi connectivity index (χ4n) is 1.62. The Labute approximate surface area is 107 Å². The van der Waals surface area contributed by atoms with Crippen molar-refractivity contribution < 1.29 is 0 Å². The first kappa shape index (κ1) is 10.5. The Bertz CT molecular complexity index is 660. The minimum absolute atomic E-state index is 0.555. The van der Waals surface area contributed by atoms with Crippen LogP contribution in [0.2, 0.25) is 5.02 Å². The van der Waals surface area contributed by atoms with Crippen molar-refractivity contribution in [2.24, 2.45) is 0 Å². The van der Waals surface area contributed by atoms with Crippen LogP contribution in [-0.2, 0) is 0 Å². The molecule has 0 aliphatic carbocycles. The number of para-hydroxylation sites is 1. The number of rotatable bonds is 1. The van der Waals surface area contributed by atoms with Gasteiger partial charge in [0, 0.05) is 11.8 Å². The van der Waals surface area contributed by atoms with Crippen LogP contribution in [0.1, 0.15) is 0 Å². The lowest BCUT2D eigenvalue weighted by Gasteiger charge is -2.02.